The van der Waals surface area contributed by atoms with Crippen molar-refractivity contribution in [2.45, 2.75) is 18.8 Å². The fraction of sp³-hybridized carbons (Fsp3) is 0.400. The highest BCUT2D eigenvalue weighted by atomic mass is 16.1. The molecular formula is C10H12N2O. The van der Waals surface area contributed by atoms with Gasteiger partial charge in [0.2, 0.25) is 0 Å². The molecule has 0 bridgehead atoms. The predicted molar refractivity (Wildman–Crippen MR) is 49.6 cm³/mol. The van der Waals surface area contributed by atoms with Crippen LogP contribution in [0.2, 0.25) is 0 Å². The van der Waals surface area contributed by atoms with Gasteiger partial charge in [0.1, 0.15) is 0 Å². The van der Waals surface area contributed by atoms with Crippen molar-refractivity contribution in [1.29, 1.82) is 0 Å². The van der Waals surface area contributed by atoms with Gasteiger partial charge < -0.3 is 5.73 Å². The quantitative estimate of drug-likeness (QED) is 0.701. The summed E-state index contributed by atoms with van der Waals surface area (Å²) in [5.74, 6) is 0.594. The van der Waals surface area contributed by atoms with Gasteiger partial charge in [0, 0.05) is 23.4 Å². The van der Waals surface area contributed by atoms with Crippen LogP contribution >= 0.6 is 0 Å². The Balaban J connectivity index is 2.17. The van der Waals surface area contributed by atoms with Gasteiger partial charge in [-0.2, -0.15) is 0 Å². The molecule has 0 spiro atoms. The Morgan fingerprint density at radius 1 is 1.54 bits per heavy atom. The van der Waals surface area contributed by atoms with E-state index in [1.807, 2.05) is 12.1 Å². The van der Waals surface area contributed by atoms with E-state index in [9.17, 15) is 4.79 Å². The van der Waals surface area contributed by atoms with Crippen LogP contribution in [0.15, 0.2) is 18.3 Å². The summed E-state index contributed by atoms with van der Waals surface area (Å²) in [7, 11) is 0. The first-order valence-electron chi connectivity index (χ1n) is 4.50. The molecule has 68 valence electrons. The second kappa shape index (κ2) is 3.26. The van der Waals surface area contributed by atoms with Gasteiger partial charge in [0.05, 0.1) is 6.54 Å². The van der Waals surface area contributed by atoms with E-state index < -0.39 is 0 Å². The van der Waals surface area contributed by atoms with Crippen LogP contribution in [0.25, 0.3) is 0 Å². The maximum absolute atomic E-state index is 11.1. The third-order valence-electron chi connectivity index (χ3n) is 2.29. The minimum absolute atomic E-state index is 0.0464. The highest BCUT2D eigenvalue weighted by Gasteiger charge is 2.24. The summed E-state index contributed by atoms with van der Waals surface area (Å²) >= 11 is 0. The number of pyridine rings is 1. The van der Waals surface area contributed by atoms with Crippen molar-refractivity contribution >= 4 is 5.78 Å². The zero-order valence-corrected chi connectivity index (χ0v) is 7.36. The third-order valence-corrected chi connectivity index (χ3v) is 2.29. The zero-order chi connectivity index (χ0) is 9.26. The van der Waals surface area contributed by atoms with Gasteiger partial charge in [0.15, 0.2) is 5.78 Å². The molecule has 1 aliphatic rings. The lowest BCUT2D eigenvalue weighted by molar-refractivity contribution is 0.100. The predicted octanol–water partition coefficient (Wildman–Crippen LogP) is 1.10. The Hall–Kier alpha value is -1.22. The number of nitrogens with two attached hydrogens (primary N) is 1. The Labute approximate surface area is 77.0 Å². The highest BCUT2D eigenvalue weighted by Crippen LogP contribution is 2.38. The summed E-state index contributed by atoms with van der Waals surface area (Å²) in [6, 6.07) is 3.75. The molecule has 2 N–H and O–H groups in total. The van der Waals surface area contributed by atoms with Crippen molar-refractivity contribution < 1.29 is 4.79 Å². The van der Waals surface area contributed by atoms with Crippen LogP contribution in [-0.4, -0.2) is 17.3 Å². The lowest BCUT2D eigenvalue weighted by atomic mass is 10.1. The summed E-state index contributed by atoms with van der Waals surface area (Å²) in [5, 5.41) is 0. The molecule has 1 aliphatic carbocycles. The van der Waals surface area contributed by atoms with Gasteiger partial charge in [0.25, 0.3) is 0 Å². The van der Waals surface area contributed by atoms with Crippen molar-refractivity contribution in [3.8, 4) is 0 Å². The highest BCUT2D eigenvalue weighted by molar-refractivity contribution is 5.97. The Bertz CT molecular complexity index is 314. The van der Waals surface area contributed by atoms with E-state index in [2.05, 4.69) is 4.98 Å². The molecule has 1 heterocycles. The first-order valence-corrected chi connectivity index (χ1v) is 4.50. The lowest BCUT2D eigenvalue weighted by Crippen LogP contribution is -2.13. The number of hydrogen-bond donors (Lipinski definition) is 1. The average molecular weight is 176 g/mol. The Kier molecular flexibility index (Phi) is 2.10. The molecule has 2 rings (SSSR count). The monoisotopic (exact) mass is 176 g/mol. The fourth-order valence-corrected chi connectivity index (χ4v) is 1.31. The first kappa shape index (κ1) is 8.38. The molecule has 0 atom stereocenters. The van der Waals surface area contributed by atoms with Crippen molar-refractivity contribution in [2.24, 2.45) is 5.73 Å². The second-order valence-electron chi connectivity index (χ2n) is 3.37. The van der Waals surface area contributed by atoms with E-state index in [0.29, 0.717) is 11.5 Å². The largest absolute Gasteiger partial charge is 0.324 e. The molecule has 13 heavy (non-hydrogen) atoms. The molecule has 0 aliphatic heterocycles. The van der Waals surface area contributed by atoms with Gasteiger partial charge in [-0.3, -0.25) is 9.78 Å². The van der Waals surface area contributed by atoms with Crippen LogP contribution in [0.3, 0.4) is 0 Å². The van der Waals surface area contributed by atoms with E-state index in [-0.39, 0.29) is 12.3 Å². The molecule has 1 aromatic heterocycles. The number of nitrogens with zero attached hydrogens (tertiary/aromatic N) is 1. The molecule has 1 aromatic rings. The van der Waals surface area contributed by atoms with Crippen LogP contribution in [-0.2, 0) is 0 Å². The summed E-state index contributed by atoms with van der Waals surface area (Å²) < 4.78 is 0. The average Bonchev–Trinajstić information content (AvgIpc) is 3.00. The maximum atomic E-state index is 11.1. The van der Waals surface area contributed by atoms with Gasteiger partial charge in [-0.15, -0.1) is 0 Å². The molecule has 0 saturated heterocycles. The molecule has 0 aromatic carbocycles. The molecule has 0 radical (unpaired) electrons. The summed E-state index contributed by atoms with van der Waals surface area (Å²) in [6.07, 6.45) is 4.09. The van der Waals surface area contributed by atoms with Gasteiger partial charge in [-0.25, -0.2) is 0 Å². The third kappa shape index (κ3) is 1.75. The fourth-order valence-electron chi connectivity index (χ4n) is 1.31. The standard InChI is InChI=1S/C10H12N2O/c11-5-10(13)8-3-4-9(12-6-8)7-1-2-7/h3-4,6-7H,1-2,5,11H2. The smallest absolute Gasteiger partial charge is 0.177 e. The van der Waals surface area contributed by atoms with Crippen LogP contribution in [0.4, 0.5) is 0 Å². The number of Topliss-reactive ketones (excluding diaryl/α,β-unsaturated/α-hetero) is 1. The van der Waals surface area contributed by atoms with E-state index in [0.717, 1.165) is 5.69 Å². The van der Waals surface area contributed by atoms with Crippen LogP contribution in [0, 0.1) is 0 Å². The maximum Gasteiger partial charge on any atom is 0.177 e. The van der Waals surface area contributed by atoms with Crippen LogP contribution in [0.5, 0.6) is 0 Å². The number of ketones is 1. The minimum atomic E-state index is -0.0464. The molecule has 3 nitrogen and oxygen atoms in total. The molecule has 1 saturated carbocycles. The summed E-state index contributed by atoms with van der Waals surface area (Å²) in [4.78, 5) is 15.4. The number of rotatable bonds is 3. The molecule has 3 heteroatoms. The Morgan fingerprint density at radius 2 is 2.31 bits per heavy atom. The van der Waals surface area contributed by atoms with Gasteiger partial charge in [-0.1, -0.05) is 0 Å². The number of carbonyl (C=O) groups is 1. The van der Waals surface area contributed by atoms with Crippen molar-refractivity contribution in [1.82, 2.24) is 4.98 Å². The first-order chi connectivity index (χ1) is 6.31. The molecule has 1 fully saturated rings. The SMILES string of the molecule is NCC(=O)c1ccc(C2CC2)nc1. The lowest BCUT2D eigenvalue weighted by Gasteiger charge is -1.99. The normalized spacial score (nSPS) is 15.8. The van der Waals surface area contributed by atoms with Gasteiger partial charge in [-0.05, 0) is 25.0 Å². The number of hydrogen-bond acceptors (Lipinski definition) is 3. The van der Waals surface area contributed by atoms with Crippen LogP contribution in [0.1, 0.15) is 34.8 Å². The minimum Gasteiger partial charge on any atom is -0.324 e. The van der Waals surface area contributed by atoms with Crippen molar-refractivity contribution in [3.05, 3.63) is 29.6 Å². The Morgan fingerprint density at radius 3 is 2.77 bits per heavy atom. The van der Waals surface area contributed by atoms with Gasteiger partial charge >= 0.3 is 0 Å². The topological polar surface area (TPSA) is 56.0 Å². The van der Waals surface area contributed by atoms with E-state index >= 15 is 0 Å². The summed E-state index contributed by atoms with van der Waals surface area (Å²) in [6.45, 7) is 0.0600. The van der Waals surface area contributed by atoms with E-state index in [1.165, 1.54) is 12.8 Å². The summed E-state index contributed by atoms with van der Waals surface area (Å²) in [5.41, 5.74) is 6.96. The van der Waals surface area contributed by atoms with E-state index in [4.69, 9.17) is 5.73 Å². The molecule has 0 unspecified atom stereocenters. The zero-order valence-electron chi connectivity index (χ0n) is 7.36. The number of aromatic nitrogens is 1. The second-order valence-corrected chi connectivity index (χ2v) is 3.37. The van der Waals surface area contributed by atoms with Crippen molar-refractivity contribution in [3.63, 3.8) is 0 Å². The van der Waals surface area contributed by atoms with Crippen molar-refractivity contribution in [2.75, 3.05) is 6.54 Å². The van der Waals surface area contributed by atoms with Crippen LogP contribution < -0.4 is 5.73 Å². The van der Waals surface area contributed by atoms with E-state index in [1.54, 1.807) is 6.20 Å². The number of carbonyl (C=O) groups excluding carboxylic acids is 1. The molecule has 0 amide bonds. The molecular weight excluding hydrogens is 164 g/mol.